The maximum absolute atomic E-state index is 14.9. The normalized spacial score (nSPS) is 17.7. The summed E-state index contributed by atoms with van der Waals surface area (Å²) in [5, 5.41) is 0.295. The molecule has 0 N–H and O–H groups in total. The molecule has 1 amide bonds. The van der Waals surface area contributed by atoms with Crippen LogP contribution in [0.5, 0.6) is 0 Å². The lowest BCUT2D eigenvalue weighted by Crippen LogP contribution is -2.59. The number of pyridine rings is 1. The molecule has 46 heavy (non-hydrogen) atoms. The minimum atomic E-state index is -5.11. The van der Waals surface area contributed by atoms with Gasteiger partial charge in [-0.05, 0) is 61.9 Å². The second kappa shape index (κ2) is 12.2. The van der Waals surface area contributed by atoms with E-state index in [1.54, 1.807) is 19.3 Å². The summed E-state index contributed by atoms with van der Waals surface area (Å²) >= 11 is 0. The Balaban J connectivity index is 1.36. The van der Waals surface area contributed by atoms with Gasteiger partial charge in [0.1, 0.15) is 6.04 Å². The predicted molar refractivity (Wildman–Crippen MR) is 162 cm³/mol. The lowest BCUT2D eigenvalue weighted by atomic mass is 9.85. The summed E-state index contributed by atoms with van der Waals surface area (Å²) in [5.41, 5.74) is 0.845. The van der Waals surface area contributed by atoms with Gasteiger partial charge in [-0.2, -0.15) is 4.31 Å². The van der Waals surface area contributed by atoms with E-state index in [0.29, 0.717) is 26.8 Å². The van der Waals surface area contributed by atoms with Crippen molar-refractivity contribution in [3.05, 3.63) is 93.3 Å². The molecule has 9 nitrogen and oxygen atoms in total. The first kappa shape index (κ1) is 31.8. The molecule has 0 bridgehead atoms. The fourth-order valence-corrected chi connectivity index (χ4v) is 7.98. The summed E-state index contributed by atoms with van der Waals surface area (Å²) in [6, 6.07) is 6.89. The SMILES string of the molecule is Cc1c(F)c(F)c(F)c(S(=O)(=O)N2CC[C@@H]2C(=O)N(Cc2ccc(C3CCCCC3)cn2)c2ccc3c(=O)n(C)cnc3c2)c1F. The molecular weight excluding hydrogens is 626 g/mol. The van der Waals surface area contributed by atoms with Crippen LogP contribution in [-0.2, 0) is 28.4 Å². The topological polar surface area (TPSA) is 105 Å². The van der Waals surface area contributed by atoms with E-state index < -0.39 is 55.7 Å². The van der Waals surface area contributed by atoms with Crippen molar-refractivity contribution in [2.45, 2.75) is 68.8 Å². The molecule has 4 aromatic rings. The fourth-order valence-electron chi connectivity index (χ4n) is 6.18. The second-order valence-electron chi connectivity index (χ2n) is 11.8. The van der Waals surface area contributed by atoms with Gasteiger partial charge < -0.3 is 9.47 Å². The Labute approximate surface area is 262 Å². The third kappa shape index (κ3) is 5.46. The van der Waals surface area contributed by atoms with E-state index in [9.17, 15) is 35.6 Å². The Morgan fingerprint density at radius 3 is 2.35 bits per heavy atom. The van der Waals surface area contributed by atoms with Crippen LogP contribution in [0.1, 0.15) is 61.3 Å². The molecule has 1 saturated heterocycles. The highest BCUT2D eigenvalue weighted by Gasteiger charge is 2.47. The molecule has 6 rings (SSSR count). The van der Waals surface area contributed by atoms with Crippen LogP contribution in [-0.4, -0.2) is 45.8 Å². The van der Waals surface area contributed by atoms with Crippen molar-refractivity contribution >= 4 is 32.5 Å². The van der Waals surface area contributed by atoms with Gasteiger partial charge >= 0.3 is 0 Å². The van der Waals surface area contributed by atoms with Crippen LogP contribution in [0.3, 0.4) is 0 Å². The number of fused-ring (bicyclic) bond motifs is 1. The van der Waals surface area contributed by atoms with Gasteiger partial charge in [0.05, 0.1) is 29.5 Å². The Bertz CT molecular complexity index is 1990. The molecule has 3 heterocycles. The fraction of sp³-hybridized carbons (Fsp3) is 0.375. The standard InChI is InChI=1S/C32H31F4N5O4S/c1-18-26(33)28(35)29(36)30(27(18)34)46(44,45)41-13-12-25(41)32(43)40(22-10-11-23-24(14-22)38-17-39(2)31(23)42)16-21-9-8-20(15-37-21)19-6-4-3-5-7-19/h8-11,14-15,17,19,25H,3-7,12-13,16H2,1-2H3/t25-/m1/s1. The van der Waals surface area contributed by atoms with Gasteiger partial charge in [-0.1, -0.05) is 25.3 Å². The van der Waals surface area contributed by atoms with Crippen LogP contribution in [0.25, 0.3) is 10.9 Å². The molecule has 2 aliphatic rings. The number of rotatable bonds is 7. The number of amides is 1. The third-order valence-electron chi connectivity index (χ3n) is 8.99. The molecule has 0 spiro atoms. The highest BCUT2D eigenvalue weighted by Crippen LogP contribution is 2.36. The number of anilines is 1. The maximum atomic E-state index is 14.9. The number of aromatic nitrogens is 3. The molecule has 0 unspecified atom stereocenters. The zero-order chi connectivity index (χ0) is 32.9. The number of aryl methyl sites for hydroxylation is 1. The molecule has 2 fully saturated rings. The summed E-state index contributed by atoms with van der Waals surface area (Å²) in [7, 11) is -3.57. The molecular formula is C32H31F4N5O4S. The van der Waals surface area contributed by atoms with Crippen LogP contribution in [0.4, 0.5) is 23.2 Å². The zero-order valence-electron chi connectivity index (χ0n) is 25.1. The van der Waals surface area contributed by atoms with Gasteiger partial charge in [0.2, 0.25) is 15.9 Å². The number of hydrogen-bond acceptors (Lipinski definition) is 6. The van der Waals surface area contributed by atoms with Crippen molar-refractivity contribution in [2.24, 2.45) is 7.05 Å². The van der Waals surface area contributed by atoms with E-state index in [1.807, 2.05) is 6.07 Å². The first-order chi connectivity index (χ1) is 21.9. The molecule has 1 aliphatic carbocycles. The lowest BCUT2D eigenvalue weighted by Gasteiger charge is -2.41. The van der Waals surface area contributed by atoms with E-state index in [2.05, 4.69) is 9.97 Å². The van der Waals surface area contributed by atoms with Gasteiger partial charge in [0.15, 0.2) is 28.2 Å². The largest absolute Gasteiger partial charge is 0.305 e. The average Bonchev–Trinajstić information content (AvgIpc) is 3.03. The van der Waals surface area contributed by atoms with E-state index >= 15 is 0 Å². The highest BCUT2D eigenvalue weighted by atomic mass is 32.2. The molecule has 1 aliphatic heterocycles. The summed E-state index contributed by atoms with van der Waals surface area (Å²) in [4.78, 5) is 35.2. The van der Waals surface area contributed by atoms with E-state index in [0.717, 1.165) is 38.2 Å². The lowest BCUT2D eigenvalue weighted by molar-refractivity contribution is -0.125. The van der Waals surface area contributed by atoms with Crippen LogP contribution in [0.2, 0.25) is 0 Å². The Morgan fingerprint density at radius 1 is 0.957 bits per heavy atom. The van der Waals surface area contributed by atoms with Crippen molar-refractivity contribution in [3.8, 4) is 0 Å². The van der Waals surface area contributed by atoms with Gasteiger partial charge in [0.25, 0.3) is 5.56 Å². The van der Waals surface area contributed by atoms with E-state index in [4.69, 9.17) is 0 Å². The monoisotopic (exact) mass is 657 g/mol. The molecule has 14 heteroatoms. The van der Waals surface area contributed by atoms with Crippen molar-refractivity contribution in [2.75, 3.05) is 11.4 Å². The van der Waals surface area contributed by atoms with Gasteiger partial charge in [0, 0.05) is 31.0 Å². The number of benzene rings is 2. The quantitative estimate of drug-likeness (QED) is 0.153. The van der Waals surface area contributed by atoms with Crippen LogP contribution < -0.4 is 10.5 Å². The average molecular weight is 658 g/mol. The molecule has 0 radical (unpaired) electrons. The number of nitrogens with zero attached hydrogens (tertiary/aromatic N) is 5. The van der Waals surface area contributed by atoms with Gasteiger partial charge in [-0.15, -0.1) is 0 Å². The zero-order valence-corrected chi connectivity index (χ0v) is 26.0. The van der Waals surface area contributed by atoms with E-state index in [1.165, 1.54) is 40.4 Å². The van der Waals surface area contributed by atoms with Crippen molar-refractivity contribution in [3.63, 3.8) is 0 Å². The molecule has 242 valence electrons. The Morgan fingerprint density at radius 2 is 1.70 bits per heavy atom. The molecule has 2 aromatic heterocycles. The Hall–Kier alpha value is -4.17. The Kier molecular flexibility index (Phi) is 8.44. The van der Waals surface area contributed by atoms with Crippen LogP contribution >= 0.6 is 0 Å². The summed E-state index contributed by atoms with van der Waals surface area (Å²) in [6.45, 7) is 0.408. The molecule has 1 saturated carbocycles. The maximum Gasteiger partial charge on any atom is 0.260 e. The smallest absolute Gasteiger partial charge is 0.260 e. The first-order valence-electron chi connectivity index (χ1n) is 15.0. The number of hydrogen-bond donors (Lipinski definition) is 0. The minimum Gasteiger partial charge on any atom is -0.305 e. The number of carbonyl (C=O) groups is 1. The van der Waals surface area contributed by atoms with E-state index in [-0.39, 0.29) is 30.8 Å². The van der Waals surface area contributed by atoms with Crippen molar-refractivity contribution < 1.29 is 30.8 Å². The minimum absolute atomic E-state index is 0.000874. The number of halogens is 4. The summed E-state index contributed by atoms with van der Waals surface area (Å²) in [5.74, 6) is -8.26. The molecule has 2 aromatic carbocycles. The highest BCUT2D eigenvalue weighted by molar-refractivity contribution is 7.89. The summed E-state index contributed by atoms with van der Waals surface area (Å²) in [6.07, 6.45) is 8.74. The number of sulfonamides is 1. The van der Waals surface area contributed by atoms with Gasteiger partial charge in [-0.3, -0.25) is 14.6 Å². The van der Waals surface area contributed by atoms with Gasteiger partial charge in [-0.25, -0.2) is 31.0 Å². The van der Waals surface area contributed by atoms with Crippen molar-refractivity contribution in [1.82, 2.24) is 18.8 Å². The number of carbonyl (C=O) groups excluding carboxylic acids is 1. The first-order valence-corrected chi connectivity index (χ1v) is 16.4. The van der Waals surface area contributed by atoms with Crippen molar-refractivity contribution in [1.29, 1.82) is 0 Å². The third-order valence-corrected chi connectivity index (χ3v) is 10.9. The van der Waals surface area contributed by atoms with Crippen LogP contribution in [0, 0.1) is 30.2 Å². The van der Waals surface area contributed by atoms with Crippen LogP contribution in [0.15, 0.2) is 52.5 Å². The summed E-state index contributed by atoms with van der Waals surface area (Å²) < 4.78 is 86.7. The predicted octanol–water partition coefficient (Wildman–Crippen LogP) is 5.24. The second-order valence-corrected chi connectivity index (χ2v) is 13.7. The molecule has 1 atom stereocenters.